The number of alkyl carbamates (subject to hydrolysis) is 1. The van der Waals surface area contributed by atoms with Crippen LogP contribution in [0.4, 0.5) is 10.5 Å². The van der Waals surface area contributed by atoms with Gasteiger partial charge in [-0.05, 0) is 81.8 Å². The van der Waals surface area contributed by atoms with Crippen LogP contribution in [-0.2, 0) is 14.3 Å². The van der Waals surface area contributed by atoms with Crippen LogP contribution in [0, 0.1) is 19.8 Å². The first-order valence-corrected chi connectivity index (χ1v) is 16.9. The number of hydrogen-bond donors (Lipinski definition) is 2. The Balaban J connectivity index is 2.05. The molecule has 0 aliphatic rings. The number of rotatable bonds is 15. The number of ether oxygens (including phenoxy) is 1. The minimum absolute atomic E-state index is 0.117. The van der Waals surface area contributed by atoms with Crippen LogP contribution in [0.15, 0.2) is 60.7 Å². The second kappa shape index (κ2) is 17.2. The van der Waals surface area contributed by atoms with Crippen LogP contribution in [0.25, 0.3) is 10.8 Å². The quantitative estimate of drug-likeness (QED) is 0.164. The molecule has 0 saturated heterocycles. The van der Waals surface area contributed by atoms with Crippen LogP contribution in [0.3, 0.4) is 0 Å². The van der Waals surface area contributed by atoms with Gasteiger partial charge in [0.25, 0.3) is 5.91 Å². The lowest BCUT2D eigenvalue weighted by molar-refractivity contribution is -0.141. The fourth-order valence-corrected chi connectivity index (χ4v) is 5.89. The fraction of sp³-hybridized carbons (Fsp3) is 0.513. The van der Waals surface area contributed by atoms with E-state index in [1.807, 2.05) is 82.3 Å². The minimum atomic E-state index is -0.900. The van der Waals surface area contributed by atoms with E-state index in [2.05, 4.69) is 23.6 Å². The molecule has 0 heterocycles. The topological polar surface area (TPSA) is 87.7 Å². The van der Waals surface area contributed by atoms with Crippen molar-refractivity contribution in [1.82, 2.24) is 10.2 Å². The Bertz CT molecular complexity index is 1440. The Hall–Kier alpha value is -3.87. The standard InChI is InChI=1S/C39H55N3O4/c1-9-10-11-12-13-16-21-42(37(44)34(22-27(2)3)41-38(45)46-39(6,7)8)35(32-24-28(4)23-29(5)25-32)36(43)40-33-20-19-30-17-14-15-18-31(30)26-33/h14-15,17-20,23-27,34-35H,9-13,16,21-22H2,1-8H3,(H,40,43)(H,41,45). The molecule has 250 valence electrons. The Kier molecular flexibility index (Phi) is 13.7. The van der Waals surface area contributed by atoms with E-state index in [1.54, 1.807) is 25.7 Å². The fourth-order valence-electron chi connectivity index (χ4n) is 5.89. The van der Waals surface area contributed by atoms with Crippen molar-refractivity contribution in [2.24, 2.45) is 5.92 Å². The van der Waals surface area contributed by atoms with Crippen molar-refractivity contribution < 1.29 is 19.1 Å². The van der Waals surface area contributed by atoms with Gasteiger partial charge < -0.3 is 20.3 Å². The molecule has 0 aliphatic carbocycles. The van der Waals surface area contributed by atoms with Crippen molar-refractivity contribution in [1.29, 1.82) is 0 Å². The van der Waals surface area contributed by atoms with E-state index in [1.165, 1.54) is 6.42 Å². The third kappa shape index (κ3) is 11.5. The maximum atomic E-state index is 14.6. The SMILES string of the molecule is CCCCCCCCN(C(=O)C(CC(C)C)NC(=O)OC(C)(C)C)C(C(=O)Nc1ccc2ccccc2c1)c1cc(C)cc(C)c1. The molecule has 3 aromatic carbocycles. The number of carbonyl (C=O) groups is 3. The summed E-state index contributed by atoms with van der Waals surface area (Å²) in [6.45, 7) is 16.0. The molecular formula is C39H55N3O4. The van der Waals surface area contributed by atoms with Gasteiger partial charge in [-0.3, -0.25) is 9.59 Å². The number of unbranched alkanes of at least 4 members (excludes halogenated alkanes) is 5. The largest absolute Gasteiger partial charge is 0.444 e. The maximum absolute atomic E-state index is 14.6. The first-order chi connectivity index (χ1) is 21.8. The van der Waals surface area contributed by atoms with Crippen molar-refractivity contribution in [2.45, 2.75) is 118 Å². The molecule has 0 fully saturated rings. The Morgan fingerprint density at radius 2 is 1.46 bits per heavy atom. The first kappa shape index (κ1) is 36.6. The zero-order valence-electron chi connectivity index (χ0n) is 29.2. The van der Waals surface area contributed by atoms with E-state index in [0.29, 0.717) is 18.7 Å². The monoisotopic (exact) mass is 629 g/mol. The highest BCUT2D eigenvalue weighted by Gasteiger charge is 2.36. The third-order valence-electron chi connectivity index (χ3n) is 7.87. The van der Waals surface area contributed by atoms with Crippen molar-refractivity contribution in [3.05, 3.63) is 77.4 Å². The van der Waals surface area contributed by atoms with Crippen LogP contribution in [0.2, 0.25) is 0 Å². The van der Waals surface area contributed by atoms with E-state index in [4.69, 9.17) is 4.74 Å². The molecule has 0 spiro atoms. The van der Waals surface area contributed by atoms with Gasteiger partial charge in [-0.2, -0.15) is 0 Å². The molecule has 2 unspecified atom stereocenters. The molecule has 2 N–H and O–H groups in total. The number of benzene rings is 3. The number of fused-ring (bicyclic) bond motifs is 1. The third-order valence-corrected chi connectivity index (χ3v) is 7.87. The van der Waals surface area contributed by atoms with E-state index in [0.717, 1.165) is 59.6 Å². The van der Waals surface area contributed by atoms with Crippen molar-refractivity contribution in [2.75, 3.05) is 11.9 Å². The summed E-state index contributed by atoms with van der Waals surface area (Å²) in [7, 11) is 0. The summed E-state index contributed by atoms with van der Waals surface area (Å²) in [5.41, 5.74) is 2.72. The molecule has 0 aromatic heterocycles. The van der Waals surface area contributed by atoms with Crippen LogP contribution in [0.5, 0.6) is 0 Å². The second-order valence-electron chi connectivity index (χ2n) is 14.0. The van der Waals surface area contributed by atoms with Crippen LogP contribution >= 0.6 is 0 Å². The van der Waals surface area contributed by atoms with Gasteiger partial charge in [-0.1, -0.05) is 113 Å². The smallest absolute Gasteiger partial charge is 0.408 e. The van der Waals surface area contributed by atoms with Crippen molar-refractivity contribution in [3.8, 4) is 0 Å². The summed E-state index contributed by atoms with van der Waals surface area (Å²) in [6, 6.07) is 18.1. The highest BCUT2D eigenvalue weighted by Crippen LogP contribution is 2.29. The number of anilines is 1. The predicted molar refractivity (Wildman–Crippen MR) is 189 cm³/mol. The normalized spacial score (nSPS) is 12.9. The molecule has 46 heavy (non-hydrogen) atoms. The van der Waals surface area contributed by atoms with Gasteiger partial charge in [0.2, 0.25) is 5.91 Å². The van der Waals surface area contributed by atoms with Gasteiger partial charge in [-0.25, -0.2) is 4.79 Å². The molecule has 7 nitrogen and oxygen atoms in total. The lowest BCUT2D eigenvalue weighted by atomic mass is 9.96. The highest BCUT2D eigenvalue weighted by molar-refractivity contribution is 6.00. The van der Waals surface area contributed by atoms with Crippen molar-refractivity contribution >= 4 is 34.4 Å². The highest BCUT2D eigenvalue weighted by atomic mass is 16.6. The summed E-state index contributed by atoms with van der Waals surface area (Å²) in [4.78, 5) is 43.7. The zero-order valence-corrected chi connectivity index (χ0v) is 29.2. The van der Waals surface area contributed by atoms with Crippen LogP contribution in [0.1, 0.15) is 109 Å². The van der Waals surface area contributed by atoms with Crippen LogP contribution in [-0.4, -0.2) is 41.0 Å². The molecule has 3 rings (SSSR count). The Labute approximate surface area is 276 Å². The maximum Gasteiger partial charge on any atom is 0.408 e. The molecule has 7 heteroatoms. The first-order valence-electron chi connectivity index (χ1n) is 16.9. The van der Waals surface area contributed by atoms with Gasteiger partial charge in [-0.15, -0.1) is 0 Å². The average Bonchev–Trinajstić information content (AvgIpc) is 2.95. The summed E-state index contributed by atoms with van der Waals surface area (Å²) >= 11 is 0. The lowest BCUT2D eigenvalue weighted by Crippen LogP contribution is -2.53. The van der Waals surface area contributed by atoms with Gasteiger partial charge in [0.15, 0.2) is 0 Å². The van der Waals surface area contributed by atoms with Gasteiger partial charge in [0.05, 0.1) is 0 Å². The average molecular weight is 630 g/mol. The minimum Gasteiger partial charge on any atom is -0.444 e. The number of aryl methyl sites for hydroxylation is 2. The molecular weight excluding hydrogens is 574 g/mol. The number of hydrogen-bond acceptors (Lipinski definition) is 4. The predicted octanol–water partition coefficient (Wildman–Crippen LogP) is 9.26. The number of amides is 3. The number of nitrogens with zero attached hydrogens (tertiary/aromatic N) is 1. The molecule has 3 amide bonds. The van der Waals surface area contributed by atoms with E-state index < -0.39 is 23.8 Å². The van der Waals surface area contributed by atoms with Crippen LogP contribution < -0.4 is 10.6 Å². The summed E-state index contributed by atoms with van der Waals surface area (Å²) in [5.74, 6) is -0.461. The molecule has 0 saturated carbocycles. The van der Waals surface area contributed by atoms with Crippen molar-refractivity contribution in [3.63, 3.8) is 0 Å². The van der Waals surface area contributed by atoms with E-state index in [9.17, 15) is 14.4 Å². The second-order valence-corrected chi connectivity index (χ2v) is 14.0. The summed E-state index contributed by atoms with van der Waals surface area (Å²) in [6.07, 6.45) is 6.01. The van der Waals surface area contributed by atoms with E-state index >= 15 is 0 Å². The Morgan fingerprint density at radius 3 is 2.09 bits per heavy atom. The molecule has 0 aliphatic heterocycles. The van der Waals surface area contributed by atoms with E-state index in [-0.39, 0.29) is 17.7 Å². The molecule has 3 aromatic rings. The molecule has 0 bridgehead atoms. The van der Waals surface area contributed by atoms with Gasteiger partial charge in [0.1, 0.15) is 17.7 Å². The van der Waals surface area contributed by atoms with Gasteiger partial charge in [0, 0.05) is 12.2 Å². The summed E-state index contributed by atoms with van der Waals surface area (Å²) in [5, 5.41) is 8.08. The zero-order chi connectivity index (χ0) is 33.9. The number of nitrogens with one attached hydrogen (secondary N) is 2. The Morgan fingerprint density at radius 1 is 0.826 bits per heavy atom. The summed E-state index contributed by atoms with van der Waals surface area (Å²) < 4.78 is 5.55. The number of carbonyl (C=O) groups excluding carboxylic acids is 3. The van der Waals surface area contributed by atoms with Gasteiger partial charge >= 0.3 is 6.09 Å². The lowest BCUT2D eigenvalue weighted by Gasteiger charge is -2.35. The molecule has 2 atom stereocenters. The molecule has 0 radical (unpaired) electrons.